The van der Waals surface area contributed by atoms with Crippen molar-refractivity contribution in [2.45, 2.75) is 88.6 Å². The molecule has 0 aromatic carbocycles. The van der Waals surface area contributed by atoms with Gasteiger partial charge in [0.25, 0.3) is 0 Å². The van der Waals surface area contributed by atoms with Gasteiger partial charge in [-0.3, -0.25) is 33.6 Å². The van der Waals surface area contributed by atoms with Crippen LogP contribution in [-0.2, 0) is 46.4 Å². The molecule has 2 aromatic rings. The lowest BCUT2D eigenvalue weighted by molar-refractivity contribution is -0.142. The van der Waals surface area contributed by atoms with E-state index in [-0.39, 0.29) is 19.3 Å². The number of unbranched alkanes of at least 4 members (excludes halogenated alkanes) is 1. The molecule has 0 saturated carbocycles. The lowest BCUT2D eigenvalue weighted by Gasteiger charge is -2.28. The fourth-order valence-corrected chi connectivity index (χ4v) is 4.78. The Hall–Kier alpha value is -5.41. The Labute approximate surface area is 293 Å². The van der Waals surface area contributed by atoms with Crippen LogP contribution in [0.4, 0.5) is 0 Å². The van der Waals surface area contributed by atoms with Gasteiger partial charge in [0.1, 0.15) is 30.2 Å². The zero-order valence-corrected chi connectivity index (χ0v) is 28.4. The van der Waals surface area contributed by atoms with Crippen LogP contribution < -0.4 is 43.8 Å². The first-order valence-electron chi connectivity index (χ1n) is 16.2. The number of aliphatic hydroxyl groups excluding tert-OH is 1. The summed E-state index contributed by atoms with van der Waals surface area (Å²) in [6, 6.07) is -8.20. The van der Waals surface area contributed by atoms with Gasteiger partial charge >= 0.3 is 5.97 Å². The standard InChI is InChI=1S/C30H48N12O9/c1-15(2)24(30(51)40-20(8-17-11-35-14-37-17)27(48)38-19(25(33)46)5-3-4-6-31)42-28(49)21(9-23(44)45)39-29(50)22(12-43)41-26(47)18(32)7-16-10-34-13-36-16/h10-11,13-15,18-22,24,43H,3-9,12,31-32H2,1-2H3,(H2,33,46)(H,34,36)(H,35,37)(H,38,48)(H,39,50)(H,40,51)(H,41,47)(H,42,49)(H,44,45)/t18-,19-,20-,21-,22-,24-/m0/s1. The van der Waals surface area contributed by atoms with Gasteiger partial charge in [-0.1, -0.05) is 13.8 Å². The first kappa shape index (κ1) is 41.8. The Morgan fingerprint density at radius 2 is 1.27 bits per heavy atom. The minimum Gasteiger partial charge on any atom is -0.481 e. The number of aromatic amines is 2. The van der Waals surface area contributed by atoms with Gasteiger partial charge in [-0.2, -0.15) is 0 Å². The molecular formula is C30H48N12O9. The van der Waals surface area contributed by atoms with Crippen LogP contribution >= 0.6 is 0 Å². The van der Waals surface area contributed by atoms with Crippen molar-refractivity contribution in [3.8, 4) is 0 Å². The summed E-state index contributed by atoms with van der Waals surface area (Å²) in [4.78, 5) is 103. The number of carboxylic acids is 1. The van der Waals surface area contributed by atoms with Gasteiger partial charge in [0.05, 0.1) is 31.7 Å². The molecule has 0 aliphatic carbocycles. The Balaban J connectivity index is 2.18. The van der Waals surface area contributed by atoms with Crippen molar-refractivity contribution in [2.24, 2.45) is 23.1 Å². The van der Waals surface area contributed by atoms with Crippen LogP contribution in [0.25, 0.3) is 0 Å². The Morgan fingerprint density at radius 3 is 1.78 bits per heavy atom. The summed E-state index contributed by atoms with van der Waals surface area (Å²) in [6.45, 7) is 2.60. The number of imidazole rings is 2. The molecule has 0 saturated heterocycles. The average Bonchev–Trinajstić information content (AvgIpc) is 3.79. The zero-order chi connectivity index (χ0) is 38.1. The van der Waals surface area contributed by atoms with Crippen molar-refractivity contribution in [3.63, 3.8) is 0 Å². The van der Waals surface area contributed by atoms with E-state index in [1.807, 2.05) is 0 Å². The third-order valence-electron chi connectivity index (χ3n) is 7.62. The number of H-pyrrole nitrogens is 2. The summed E-state index contributed by atoms with van der Waals surface area (Å²) < 4.78 is 0. The number of aliphatic carboxylic acids is 1. The summed E-state index contributed by atoms with van der Waals surface area (Å²) in [6.07, 6.45) is 5.92. The van der Waals surface area contributed by atoms with Crippen LogP contribution in [0, 0.1) is 5.92 Å². The van der Waals surface area contributed by atoms with E-state index in [4.69, 9.17) is 17.2 Å². The highest BCUT2D eigenvalue weighted by molar-refractivity contribution is 5.97. The molecule has 2 heterocycles. The molecule has 282 valence electrons. The third kappa shape index (κ3) is 14.2. The van der Waals surface area contributed by atoms with E-state index in [1.165, 1.54) is 25.0 Å². The number of carbonyl (C=O) groups is 7. The second-order valence-electron chi connectivity index (χ2n) is 12.1. The summed E-state index contributed by atoms with van der Waals surface area (Å²) in [5.41, 5.74) is 17.9. The number of nitrogens with two attached hydrogens (primary N) is 3. The Kier molecular flexibility index (Phi) is 17.2. The number of nitrogens with one attached hydrogen (secondary N) is 7. The predicted molar refractivity (Wildman–Crippen MR) is 178 cm³/mol. The van der Waals surface area contributed by atoms with Crippen LogP contribution in [0.2, 0.25) is 0 Å². The van der Waals surface area contributed by atoms with E-state index < -0.39 is 96.6 Å². The van der Waals surface area contributed by atoms with Crippen LogP contribution in [0.3, 0.4) is 0 Å². The molecule has 6 atom stereocenters. The largest absolute Gasteiger partial charge is 0.481 e. The maximum absolute atomic E-state index is 13.6. The highest BCUT2D eigenvalue weighted by atomic mass is 16.4. The van der Waals surface area contributed by atoms with Gasteiger partial charge < -0.3 is 64.0 Å². The molecule has 0 unspecified atom stereocenters. The number of carbonyl (C=O) groups excluding carboxylic acids is 6. The summed E-state index contributed by atoms with van der Waals surface area (Å²) in [5.74, 6) is -7.49. The van der Waals surface area contributed by atoms with Crippen LogP contribution in [0.5, 0.6) is 0 Å². The third-order valence-corrected chi connectivity index (χ3v) is 7.62. The normalized spacial score (nSPS) is 14.6. The smallest absolute Gasteiger partial charge is 0.305 e. The SMILES string of the molecule is CC(C)[C@H](NC(=O)[C@H](CC(=O)O)NC(=O)[C@H](CO)NC(=O)[C@@H](N)Cc1cnc[nH]1)C(=O)N[C@@H](Cc1cnc[nH]1)C(=O)N[C@@H](CCCCN)C(N)=O. The predicted octanol–water partition coefficient (Wildman–Crippen LogP) is -4.59. The number of aliphatic hydroxyl groups is 1. The summed E-state index contributed by atoms with van der Waals surface area (Å²) >= 11 is 0. The second kappa shape index (κ2) is 21.0. The summed E-state index contributed by atoms with van der Waals surface area (Å²) in [7, 11) is 0. The van der Waals surface area contributed by atoms with Gasteiger partial charge in [-0.05, 0) is 31.7 Å². The highest BCUT2D eigenvalue weighted by Crippen LogP contribution is 2.08. The number of hydrogen-bond donors (Lipinski definition) is 12. The molecule has 21 nitrogen and oxygen atoms in total. The van der Waals surface area contributed by atoms with Crippen molar-refractivity contribution in [2.75, 3.05) is 13.2 Å². The number of aromatic nitrogens is 4. The van der Waals surface area contributed by atoms with Crippen molar-refractivity contribution in [1.29, 1.82) is 0 Å². The average molecular weight is 721 g/mol. The topological polar surface area (TPSA) is 356 Å². The van der Waals surface area contributed by atoms with Crippen LogP contribution in [0.1, 0.15) is 50.9 Å². The molecule has 0 fully saturated rings. The number of rotatable bonds is 23. The molecule has 15 N–H and O–H groups in total. The first-order valence-corrected chi connectivity index (χ1v) is 16.2. The first-order chi connectivity index (χ1) is 24.2. The van der Waals surface area contributed by atoms with Gasteiger partial charge in [-0.15, -0.1) is 0 Å². The molecule has 21 heteroatoms. The number of amides is 6. The molecule has 0 aliphatic rings. The van der Waals surface area contributed by atoms with Gasteiger partial charge in [0.15, 0.2) is 0 Å². The molecule has 2 rings (SSSR count). The van der Waals surface area contributed by atoms with Crippen molar-refractivity contribution >= 4 is 41.4 Å². The minimum absolute atomic E-state index is 0.0270. The molecule has 0 radical (unpaired) electrons. The van der Waals surface area contributed by atoms with E-state index in [2.05, 4.69) is 46.5 Å². The van der Waals surface area contributed by atoms with Crippen molar-refractivity contribution in [3.05, 3.63) is 36.4 Å². The monoisotopic (exact) mass is 720 g/mol. The van der Waals surface area contributed by atoms with Crippen molar-refractivity contribution in [1.82, 2.24) is 46.5 Å². The number of carboxylic acid groups (broad SMARTS) is 1. The number of nitrogens with zero attached hydrogens (tertiary/aromatic N) is 2. The molecule has 0 aliphatic heterocycles. The maximum Gasteiger partial charge on any atom is 0.305 e. The molecule has 0 bridgehead atoms. The van der Waals surface area contributed by atoms with Crippen LogP contribution in [-0.4, -0.2) is 121 Å². The van der Waals surface area contributed by atoms with Crippen LogP contribution in [0.15, 0.2) is 25.0 Å². The van der Waals surface area contributed by atoms with E-state index >= 15 is 0 Å². The van der Waals surface area contributed by atoms with E-state index in [1.54, 1.807) is 13.8 Å². The summed E-state index contributed by atoms with van der Waals surface area (Å²) in [5, 5.41) is 31.2. The zero-order valence-electron chi connectivity index (χ0n) is 28.4. The second-order valence-corrected chi connectivity index (χ2v) is 12.1. The number of hydrogen-bond acceptors (Lipinski definition) is 12. The van der Waals surface area contributed by atoms with Gasteiger partial charge in [0.2, 0.25) is 35.4 Å². The molecule has 0 spiro atoms. The Bertz CT molecular complexity index is 1450. The maximum atomic E-state index is 13.6. The molecule has 6 amide bonds. The number of primary amides is 1. The fourth-order valence-electron chi connectivity index (χ4n) is 4.78. The Morgan fingerprint density at radius 1 is 0.745 bits per heavy atom. The molecular weight excluding hydrogens is 672 g/mol. The highest BCUT2D eigenvalue weighted by Gasteiger charge is 2.34. The molecule has 2 aromatic heterocycles. The quantitative estimate of drug-likeness (QED) is 0.0482. The van der Waals surface area contributed by atoms with E-state index in [0.29, 0.717) is 30.8 Å². The van der Waals surface area contributed by atoms with Crippen molar-refractivity contribution < 1.29 is 43.8 Å². The lowest BCUT2D eigenvalue weighted by atomic mass is 10.0. The van der Waals surface area contributed by atoms with Gasteiger partial charge in [0, 0.05) is 36.6 Å². The lowest BCUT2D eigenvalue weighted by Crippen LogP contribution is -2.61. The van der Waals surface area contributed by atoms with Gasteiger partial charge in [-0.25, -0.2) is 9.97 Å². The molecule has 51 heavy (non-hydrogen) atoms. The fraction of sp³-hybridized carbons (Fsp3) is 0.567. The van der Waals surface area contributed by atoms with E-state index in [9.17, 15) is 43.8 Å². The minimum atomic E-state index is -1.76. The van der Waals surface area contributed by atoms with E-state index in [0.717, 1.165) is 0 Å².